The van der Waals surface area contributed by atoms with E-state index in [1.165, 1.54) is 18.4 Å². The number of hydrogen-bond acceptors (Lipinski definition) is 2. The van der Waals surface area contributed by atoms with Crippen LogP contribution in [0.1, 0.15) is 36.9 Å². The molecule has 0 amide bonds. The number of aromatic nitrogens is 2. The Morgan fingerprint density at radius 2 is 2.04 bits per heavy atom. The van der Waals surface area contributed by atoms with Gasteiger partial charge in [0, 0.05) is 33.4 Å². The van der Waals surface area contributed by atoms with E-state index in [0.29, 0.717) is 11.8 Å². The molecular weight excluding hydrogens is 437 g/mol. The van der Waals surface area contributed by atoms with Gasteiger partial charge in [0.05, 0.1) is 12.2 Å². The van der Waals surface area contributed by atoms with Gasteiger partial charge in [-0.25, -0.2) is 0 Å². The minimum absolute atomic E-state index is 0. The van der Waals surface area contributed by atoms with E-state index in [9.17, 15) is 0 Å². The number of hydrogen-bond donors (Lipinski definition) is 1. The lowest BCUT2D eigenvalue weighted by atomic mass is 9.79. The van der Waals surface area contributed by atoms with Crippen molar-refractivity contribution >= 4 is 29.9 Å². The highest BCUT2D eigenvalue weighted by Crippen LogP contribution is 2.34. The van der Waals surface area contributed by atoms with E-state index in [2.05, 4.69) is 57.6 Å². The molecule has 1 aliphatic heterocycles. The SMILES string of the molecule is CCC1CN(C(=NC)NCc2ccnn2C)CCC1c1ccccc1.I. The molecule has 2 heterocycles. The van der Waals surface area contributed by atoms with E-state index in [4.69, 9.17) is 0 Å². The molecule has 2 aromatic rings. The van der Waals surface area contributed by atoms with Crippen molar-refractivity contribution in [3.8, 4) is 0 Å². The van der Waals surface area contributed by atoms with Crippen molar-refractivity contribution in [2.75, 3.05) is 20.1 Å². The van der Waals surface area contributed by atoms with Gasteiger partial charge in [-0.2, -0.15) is 5.10 Å². The topological polar surface area (TPSA) is 45.4 Å². The van der Waals surface area contributed by atoms with Crippen LogP contribution in [-0.2, 0) is 13.6 Å². The first-order valence-electron chi connectivity index (χ1n) is 9.20. The maximum atomic E-state index is 4.51. The predicted octanol–water partition coefficient (Wildman–Crippen LogP) is 3.63. The summed E-state index contributed by atoms with van der Waals surface area (Å²) in [5.41, 5.74) is 2.64. The molecule has 0 aliphatic carbocycles. The lowest BCUT2D eigenvalue weighted by Crippen LogP contribution is -2.48. The van der Waals surface area contributed by atoms with E-state index < -0.39 is 0 Å². The number of nitrogens with zero attached hydrogens (tertiary/aromatic N) is 4. The summed E-state index contributed by atoms with van der Waals surface area (Å²) in [7, 11) is 3.84. The van der Waals surface area contributed by atoms with Gasteiger partial charge in [-0.05, 0) is 29.9 Å². The maximum absolute atomic E-state index is 4.51. The average molecular weight is 467 g/mol. The summed E-state index contributed by atoms with van der Waals surface area (Å²) in [5.74, 6) is 2.30. The fraction of sp³-hybridized carbons (Fsp3) is 0.500. The highest BCUT2D eigenvalue weighted by Gasteiger charge is 2.30. The molecule has 26 heavy (non-hydrogen) atoms. The van der Waals surface area contributed by atoms with Gasteiger partial charge in [0.15, 0.2) is 5.96 Å². The van der Waals surface area contributed by atoms with Crippen molar-refractivity contribution in [3.63, 3.8) is 0 Å². The molecule has 0 bridgehead atoms. The molecular formula is C20H30IN5. The van der Waals surface area contributed by atoms with Crippen LogP contribution in [0.5, 0.6) is 0 Å². The monoisotopic (exact) mass is 467 g/mol. The number of aliphatic imine (C=N–C) groups is 1. The molecule has 1 aromatic heterocycles. The molecule has 0 spiro atoms. The lowest BCUT2D eigenvalue weighted by Gasteiger charge is -2.40. The molecule has 2 unspecified atom stereocenters. The van der Waals surface area contributed by atoms with Crippen LogP contribution in [0.3, 0.4) is 0 Å². The second kappa shape index (κ2) is 9.94. The van der Waals surface area contributed by atoms with E-state index in [0.717, 1.165) is 31.3 Å². The molecule has 1 fully saturated rings. The molecule has 3 rings (SSSR count). The summed E-state index contributed by atoms with van der Waals surface area (Å²) in [5, 5.41) is 7.72. The number of piperidine rings is 1. The van der Waals surface area contributed by atoms with Gasteiger partial charge in [0.2, 0.25) is 0 Å². The Kier molecular flexibility index (Phi) is 7.93. The highest BCUT2D eigenvalue weighted by atomic mass is 127. The Balaban J connectivity index is 0.00000243. The van der Waals surface area contributed by atoms with Gasteiger partial charge in [-0.3, -0.25) is 9.67 Å². The second-order valence-corrected chi connectivity index (χ2v) is 6.77. The number of likely N-dealkylation sites (tertiary alicyclic amines) is 1. The Labute approximate surface area is 173 Å². The van der Waals surface area contributed by atoms with Crippen LogP contribution in [-0.4, -0.2) is 40.8 Å². The number of halogens is 1. The van der Waals surface area contributed by atoms with Crippen LogP contribution in [0, 0.1) is 5.92 Å². The van der Waals surface area contributed by atoms with Crippen molar-refractivity contribution < 1.29 is 0 Å². The van der Waals surface area contributed by atoms with Crippen LogP contribution in [0.2, 0.25) is 0 Å². The first-order chi connectivity index (χ1) is 12.2. The minimum atomic E-state index is 0. The van der Waals surface area contributed by atoms with Crippen LogP contribution >= 0.6 is 24.0 Å². The van der Waals surface area contributed by atoms with Crippen LogP contribution < -0.4 is 5.32 Å². The molecule has 2 atom stereocenters. The fourth-order valence-electron chi connectivity index (χ4n) is 3.85. The third-order valence-electron chi connectivity index (χ3n) is 5.35. The van der Waals surface area contributed by atoms with Crippen molar-refractivity contribution in [1.82, 2.24) is 20.0 Å². The largest absolute Gasteiger partial charge is 0.351 e. The molecule has 6 heteroatoms. The minimum Gasteiger partial charge on any atom is -0.351 e. The molecule has 5 nitrogen and oxygen atoms in total. The fourth-order valence-corrected chi connectivity index (χ4v) is 3.85. The number of rotatable bonds is 4. The first kappa shape index (κ1) is 20.7. The number of benzene rings is 1. The zero-order chi connectivity index (χ0) is 17.6. The molecule has 0 radical (unpaired) electrons. The smallest absolute Gasteiger partial charge is 0.193 e. The average Bonchev–Trinajstić information content (AvgIpc) is 3.07. The van der Waals surface area contributed by atoms with Gasteiger partial charge < -0.3 is 10.2 Å². The second-order valence-electron chi connectivity index (χ2n) is 6.77. The Hall–Kier alpha value is -1.57. The molecule has 1 aliphatic rings. The van der Waals surface area contributed by atoms with Crippen LogP contribution in [0.4, 0.5) is 0 Å². The highest BCUT2D eigenvalue weighted by molar-refractivity contribution is 14.0. The van der Waals surface area contributed by atoms with Gasteiger partial charge in [-0.15, -0.1) is 24.0 Å². The zero-order valence-corrected chi connectivity index (χ0v) is 18.3. The van der Waals surface area contributed by atoms with Gasteiger partial charge in [0.25, 0.3) is 0 Å². The summed E-state index contributed by atoms with van der Waals surface area (Å²) in [4.78, 5) is 6.92. The molecule has 1 saturated heterocycles. The van der Waals surface area contributed by atoms with Crippen molar-refractivity contribution in [2.24, 2.45) is 18.0 Å². The molecule has 1 N–H and O–H groups in total. The first-order valence-corrected chi connectivity index (χ1v) is 9.20. The summed E-state index contributed by atoms with van der Waals surface area (Å²) >= 11 is 0. The van der Waals surface area contributed by atoms with Gasteiger partial charge >= 0.3 is 0 Å². The number of aryl methyl sites for hydroxylation is 1. The van der Waals surface area contributed by atoms with E-state index in [1.54, 1.807) is 0 Å². The van der Waals surface area contributed by atoms with E-state index in [1.807, 2.05) is 31.0 Å². The van der Waals surface area contributed by atoms with Crippen LogP contribution in [0.25, 0.3) is 0 Å². The third-order valence-corrected chi connectivity index (χ3v) is 5.35. The molecule has 1 aromatic carbocycles. The van der Waals surface area contributed by atoms with Gasteiger partial charge in [-0.1, -0.05) is 43.7 Å². The standard InChI is InChI=1S/C20H29N5.HI/c1-4-16-15-25(13-11-19(16)17-8-6-5-7-9-17)20(21-2)22-14-18-10-12-23-24(18)3;/h5-10,12,16,19H,4,11,13-15H2,1-3H3,(H,21,22);1H. The van der Waals surface area contributed by atoms with E-state index >= 15 is 0 Å². The number of nitrogens with one attached hydrogen (secondary N) is 1. The van der Waals surface area contributed by atoms with Crippen LogP contribution in [0.15, 0.2) is 47.6 Å². The Morgan fingerprint density at radius 1 is 1.27 bits per heavy atom. The summed E-state index contributed by atoms with van der Waals surface area (Å²) in [6.45, 7) is 5.15. The lowest BCUT2D eigenvalue weighted by molar-refractivity contribution is 0.215. The van der Waals surface area contributed by atoms with Crippen molar-refractivity contribution in [2.45, 2.75) is 32.2 Å². The number of guanidine groups is 1. The Morgan fingerprint density at radius 3 is 2.65 bits per heavy atom. The summed E-state index contributed by atoms with van der Waals surface area (Å²) in [6.07, 6.45) is 4.20. The third kappa shape index (κ3) is 4.78. The van der Waals surface area contributed by atoms with Gasteiger partial charge in [0.1, 0.15) is 0 Å². The molecule has 0 saturated carbocycles. The van der Waals surface area contributed by atoms with E-state index in [-0.39, 0.29) is 24.0 Å². The summed E-state index contributed by atoms with van der Waals surface area (Å²) in [6, 6.07) is 13.0. The zero-order valence-electron chi connectivity index (χ0n) is 15.9. The van der Waals surface area contributed by atoms with Crippen molar-refractivity contribution in [1.29, 1.82) is 0 Å². The maximum Gasteiger partial charge on any atom is 0.193 e. The summed E-state index contributed by atoms with van der Waals surface area (Å²) < 4.78 is 1.90. The normalized spacial score (nSPS) is 20.6. The predicted molar refractivity (Wildman–Crippen MR) is 118 cm³/mol. The quantitative estimate of drug-likeness (QED) is 0.425. The molecule has 142 valence electrons. The van der Waals surface area contributed by atoms with Crippen molar-refractivity contribution in [3.05, 3.63) is 53.9 Å². The Bertz CT molecular complexity index is 697.